The van der Waals surface area contributed by atoms with Crippen molar-refractivity contribution in [3.63, 3.8) is 0 Å². The van der Waals surface area contributed by atoms with Crippen molar-refractivity contribution >= 4 is 33.4 Å². The summed E-state index contributed by atoms with van der Waals surface area (Å²) in [7, 11) is -3.64. The van der Waals surface area contributed by atoms with E-state index >= 15 is 0 Å². The molecule has 10 heteroatoms. The Morgan fingerprint density at radius 3 is 2.50 bits per heavy atom. The summed E-state index contributed by atoms with van der Waals surface area (Å²) in [6.45, 7) is 6.01. The van der Waals surface area contributed by atoms with Crippen LogP contribution in [0.4, 0.5) is 10.1 Å². The van der Waals surface area contributed by atoms with Gasteiger partial charge in [0.15, 0.2) is 5.76 Å². The number of aryl methyl sites for hydroxylation is 1. The summed E-state index contributed by atoms with van der Waals surface area (Å²) in [4.78, 5) is 16.7. The lowest BCUT2D eigenvalue weighted by atomic mass is 10.2. The van der Waals surface area contributed by atoms with Crippen LogP contribution in [0.3, 0.4) is 0 Å². The number of thioether (sulfide) groups is 1. The van der Waals surface area contributed by atoms with Crippen molar-refractivity contribution in [3.05, 3.63) is 60.0 Å². The Balaban J connectivity index is 1.65. The van der Waals surface area contributed by atoms with E-state index in [0.29, 0.717) is 40.9 Å². The van der Waals surface area contributed by atoms with Gasteiger partial charge in [-0.1, -0.05) is 31.7 Å². The fourth-order valence-corrected chi connectivity index (χ4v) is 5.37. The van der Waals surface area contributed by atoms with Gasteiger partial charge in [-0.05, 0) is 48.9 Å². The largest absolute Gasteiger partial charge is 0.431 e. The smallest absolute Gasteiger partial charge is 0.256 e. The third kappa shape index (κ3) is 5.56. The Kier molecular flexibility index (Phi) is 7.70. The highest BCUT2D eigenvalue weighted by atomic mass is 32.2. The number of anilines is 1. The second-order valence-corrected chi connectivity index (χ2v) is 9.74. The van der Waals surface area contributed by atoms with E-state index in [4.69, 9.17) is 4.42 Å². The highest BCUT2D eigenvalue weighted by Gasteiger charge is 2.24. The van der Waals surface area contributed by atoms with Gasteiger partial charge in [-0.15, -0.1) is 0 Å². The van der Waals surface area contributed by atoms with Gasteiger partial charge in [0.2, 0.25) is 15.9 Å². The summed E-state index contributed by atoms with van der Waals surface area (Å²) in [6, 6.07) is 10.6. The van der Waals surface area contributed by atoms with Gasteiger partial charge in [-0.25, -0.2) is 17.8 Å². The lowest BCUT2D eigenvalue weighted by Gasteiger charge is -2.20. The van der Waals surface area contributed by atoms with E-state index in [-0.39, 0.29) is 22.4 Å². The highest BCUT2D eigenvalue weighted by Crippen LogP contribution is 2.27. The van der Waals surface area contributed by atoms with Gasteiger partial charge in [-0.3, -0.25) is 4.79 Å². The van der Waals surface area contributed by atoms with E-state index in [1.807, 2.05) is 0 Å². The van der Waals surface area contributed by atoms with Crippen molar-refractivity contribution in [2.75, 3.05) is 24.2 Å². The molecule has 0 saturated carbocycles. The first kappa shape index (κ1) is 24.0. The number of nitrogens with zero attached hydrogens (tertiary/aromatic N) is 2. The molecule has 7 nitrogen and oxygen atoms in total. The van der Waals surface area contributed by atoms with Gasteiger partial charge >= 0.3 is 0 Å². The summed E-state index contributed by atoms with van der Waals surface area (Å²) in [6.07, 6.45) is 1.51. The monoisotopic (exact) mass is 477 g/mol. The molecule has 3 aromatic rings. The Morgan fingerprint density at radius 1 is 1.16 bits per heavy atom. The van der Waals surface area contributed by atoms with Crippen molar-refractivity contribution in [1.29, 1.82) is 0 Å². The zero-order valence-corrected chi connectivity index (χ0v) is 19.6. The maximum absolute atomic E-state index is 13.1. The number of halogens is 1. The molecular weight excluding hydrogens is 453 g/mol. The molecule has 0 unspecified atom stereocenters. The molecule has 0 aliphatic rings. The zero-order valence-electron chi connectivity index (χ0n) is 18.0. The fraction of sp³-hybridized carbons (Fsp3) is 0.273. The Morgan fingerprint density at radius 2 is 1.84 bits per heavy atom. The number of rotatable bonds is 9. The lowest BCUT2D eigenvalue weighted by molar-refractivity contribution is -0.113. The lowest BCUT2D eigenvalue weighted by Crippen LogP contribution is -2.31. The van der Waals surface area contributed by atoms with Crippen LogP contribution in [0.5, 0.6) is 0 Å². The number of benzene rings is 2. The van der Waals surface area contributed by atoms with Crippen LogP contribution < -0.4 is 5.32 Å². The fourth-order valence-electron chi connectivity index (χ4n) is 3.06. The Hall–Kier alpha value is -2.69. The van der Waals surface area contributed by atoms with E-state index in [0.717, 1.165) is 11.8 Å². The predicted molar refractivity (Wildman–Crippen MR) is 123 cm³/mol. The third-order valence-electron chi connectivity index (χ3n) is 4.74. The van der Waals surface area contributed by atoms with Gasteiger partial charge in [0.1, 0.15) is 5.82 Å². The van der Waals surface area contributed by atoms with E-state index in [1.165, 1.54) is 28.7 Å². The molecule has 1 aromatic heterocycles. The number of sulfonamides is 1. The summed E-state index contributed by atoms with van der Waals surface area (Å²) in [5, 5.41) is 3.02. The number of amides is 1. The number of oxazole rings is 1. The second kappa shape index (κ2) is 10.3. The van der Waals surface area contributed by atoms with E-state index in [2.05, 4.69) is 10.3 Å². The van der Waals surface area contributed by atoms with Crippen LogP contribution >= 0.6 is 11.8 Å². The number of carbonyl (C=O) groups is 1. The highest BCUT2D eigenvalue weighted by molar-refractivity contribution is 7.99. The van der Waals surface area contributed by atoms with Gasteiger partial charge in [0.05, 0.1) is 16.8 Å². The number of aromatic nitrogens is 1. The van der Waals surface area contributed by atoms with Crippen molar-refractivity contribution in [2.24, 2.45) is 0 Å². The summed E-state index contributed by atoms with van der Waals surface area (Å²) >= 11 is 1.10. The normalized spacial score (nSPS) is 11.7. The van der Waals surface area contributed by atoms with E-state index < -0.39 is 10.0 Å². The maximum atomic E-state index is 13.1. The first-order chi connectivity index (χ1) is 15.2. The van der Waals surface area contributed by atoms with Gasteiger partial charge < -0.3 is 9.73 Å². The molecule has 0 bridgehead atoms. The predicted octanol–water partition coefficient (Wildman–Crippen LogP) is 4.55. The molecule has 0 atom stereocenters. The molecule has 0 radical (unpaired) electrons. The first-order valence-corrected chi connectivity index (χ1v) is 12.4. The molecule has 1 heterocycles. The SMILES string of the molecule is CCN(CC)S(=O)(=O)c1cc(NC(=O)CSc2ncc(-c3ccc(F)cc3)o2)ccc1C. The van der Waals surface area contributed by atoms with Crippen LogP contribution in [0.1, 0.15) is 19.4 Å². The average molecular weight is 478 g/mol. The van der Waals surface area contributed by atoms with Crippen molar-refractivity contribution in [2.45, 2.75) is 30.9 Å². The quantitative estimate of drug-likeness (QED) is 0.455. The zero-order chi connectivity index (χ0) is 23.3. The minimum Gasteiger partial charge on any atom is -0.431 e. The average Bonchev–Trinajstić information content (AvgIpc) is 3.24. The van der Waals surface area contributed by atoms with Gasteiger partial charge in [0.25, 0.3) is 5.22 Å². The standard InChI is InChI=1S/C22H24FN3O4S2/c1-4-26(5-2)32(28,29)20-12-18(11-6-15(20)3)25-21(27)14-31-22-24-13-19(30-22)16-7-9-17(23)10-8-16/h6-13H,4-5,14H2,1-3H3,(H,25,27). The van der Waals surface area contributed by atoms with Gasteiger partial charge in [-0.2, -0.15) is 4.31 Å². The molecule has 0 fully saturated rings. The number of hydrogen-bond donors (Lipinski definition) is 1. The van der Waals surface area contributed by atoms with Gasteiger partial charge in [0, 0.05) is 24.3 Å². The van der Waals surface area contributed by atoms with E-state index in [9.17, 15) is 17.6 Å². The van der Waals surface area contributed by atoms with Crippen LogP contribution in [-0.4, -0.2) is 42.5 Å². The van der Waals surface area contributed by atoms with E-state index in [1.54, 1.807) is 45.0 Å². The molecule has 0 aliphatic heterocycles. The molecular formula is C22H24FN3O4S2. The third-order valence-corrected chi connectivity index (χ3v) is 7.77. The molecule has 2 aromatic carbocycles. The topological polar surface area (TPSA) is 92.5 Å². The molecule has 3 rings (SSSR count). The Bertz CT molecular complexity index is 1190. The van der Waals surface area contributed by atoms with Crippen LogP contribution in [0.15, 0.2) is 63.2 Å². The minimum atomic E-state index is -3.64. The molecule has 0 saturated heterocycles. The summed E-state index contributed by atoms with van der Waals surface area (Å²) < 4.78 is 45.8. The second-order valence-electron chi connectivity index (χ2n) is 6.90. The maximum Gasteiger partial charge on any atom is 0.256 e. The number of carbonyl (C=O) groups excluding carboxylic acids is 1. The number of nitrogens with one attached hydrogen (secondary N) is 1. The van der Waals surface area contributed by atoms with Crippen LogP contribution in [-0.2, 0) is 14.8 Å². The molecule has 0 aliphatic carbocycles. The van der Waals surface area contributed by atoms with Crippen molar-refractivity contribution in [3.8, 4) is 11.3 Å². The molecule has 1 amide bonds. The minimum absolute atomic E-state index is 0.0232. The van der Waals surface area contributed by atoms with Crippen LogP contribution in [0.2, 0.25) is 0 Å². The summed E-state index contributed by atoms with van der Waals surface area (Å²) in [5.74, 6) is -0.178. The number of hydrogen-bond acceptors (Lipinski definition) is 6. The first-order valence-electron chi connectivity index (χ1n) is 9.99. The van der Waals surface area contributed by atoms with Crippen molar-refractivity contribution < 1.29 is 22.0 Å². The Labute approximate surface area is 191 Å². The molecule has 0 spiro atoms. The molecule has 170 valence electrons. The van der Waals surface area contributed by atoms with Crippen LogP contribution in [0, 0.1) is 12.7 Å². The molecule has 32 heavy (non-hydrogen) atoms. The van der Waals surface area contributed by atoms with Crippen molar-refractivity contribution in [1.82, 2.24) is 9.29 Å². The molecule has 1 N–H and O–H groups in total. The summed E-state index contributed by atoms with van der Waals surface area (Å²) in [5.41, 5.74) is 1.68. The van der Waals surface area contributed by atoms with Crippen LogP contribution in [0.25, 0.3) is 11.3 Å².